The molecule has 0 atom stereocenters. The number of ether oxygens (including phenoxy) is 1. The molecule has 1 heterocycles. The van der Waals surface area contributed by atoms with Crippen LogP contribution in [0.4, 0.5) is 18.9 Å². The van der Waals surface area contributed by atoms with E-state index in [0.29, 0.717) is 5.69 Å². The number of aryl methyl sites for hydroxylation is 3. The summed E-state index contributed by atoms with van der Waals surface area (Å²) in [7, 11) is 0. The minimum atomic E-state index is -4.52. The molecule has 184 valence electrons. The zero-order valence-electron chi connectivity index (χ0n) is 19.2. The van der Waals surface area contributed by atoms with E-state index >= 15 is 0 Å². The van der Waals surface area contributed by atoms with Crippen molar-refractivity contribution in [1.29, 1.82) is 0 Å². The van der Waals surface area contributed by atoms with Crippen LogP contribution in [0.3, 0.4) is 0 Å². The van der Waals surface area contributed by atoms with E-state index in [1.807, 2.05) is 32.9 Å². The van der Waals surface area contributed by atoms with E-state index in [1.54, 1.807) is 0 Å². The lowest BCUT2D eigenvalue weighted by Gasteiger charge is -2.13. The summed E-state index contributed by atoms with van der Waals surface area (Å²) < 4.78 is 48.8. The van der Waals surface area contributed by atoms with Crippen molar-refractivity contribution in [3.63, 3.8) is 0 Å². The van der Waals surface area contributed by atoms with Gasteiger partial charge in [-0.25, -0.2) is 4.79 Å². The lowest BCUT2D eigenvalue weighted by atomic mass is 10.1. The molecule has 2 N–H and O–H groups in total. The maximum atomic E-state index is 12.9. The summed E-state index contributed by atoms with van der Waals surface area (Å²) in [6.07, 6.45) is -4.52. The summed E-state index contributed by atoms with van der Waals surface area (Å²) in [5.41, 5.74) is 2.77. The Balaban J connectivity index is 1.50. The highest BCUT2D eigenvalue weighted by Crippen LogP contribution is 2.32. The molecule has 0 bridgehead atoms. The molecule has 1 aromatic heterocycles. The van der Waals surface area contributed by atoms with E-state index in [1.165, 1.54) is 24.3 Å². The van der Waals surface area contributed by atoms with Gasteiger partial charge in [-0.15, -0.1) is 0 Å². The van der Waals surface area contributed by atoms with Gasteiger partial charge in [0.25, 0.3) is 5.91 Å². The molecule has 0 fully saturated rings. The number of amides is 2. The van der Waals surface area contributed by atoms with Crippen molar-refractivity contribution in [2.75, 3.05) is 18.5 Å². The van der Waals surface area contributed by atoms with Crippen molar-refractivity contribution in [2.45, 2.75) is 26.9 Å². The lowest BCUT2D eigenvalue weighted by molar-refractivity contribution is -0.137. The van der Waals surface area contributed by atoms with Crippen LogP contribution in [0.2, 0.25) is 0 Å². The van der Waals surface area contributed by atoms with Crippen molar-refractivity contribution in [3.8, 4) is 11.3 Å². The van der Waals surface area contributed by atoms with Crippen LogP contribution in [0.25, 0.3) is 11.3 Å². The Kier molecular flexibility index (Phi) is 7.63. The van der Waals surface area contributed by atoms with Crippen molar-refractivity contribution in [3.05, 3.63) is 76.5 Å². The van der Waals surface area contributed by atoms with Crippen LogP contribution >= 0.6 is 0 Å². The second-order valence-electron chi connectivity index (χ2n) is 7.92. The van der Waals surface area contributed by atoms with Gasteiger partial charge in [0.1, 0.15) is 5.76 Å². The summed E-state index contributed by atoms with van der Waals surface area (Å²) in [4.78, 5) is 36.3. The molecule has 2 aromatic carbocycles. The SMILES string of the molecule is Cc1cc(C)c(NC(=O)CNC(=O)COC(=O)c2ccc(-c3cccc(C(F)(F)F)c3)o2)c(C)c1. The Hall–Kier alpha value is -4.08. The maximum absolute atomic E-state index is 12.9. The highest BCUT2D eigenvalue weighted by molar-refractivity contribution is 5.96. The molecule has 3 aromatic rings. The second-order valence-corrected chi connectivity index (χ2v) is 7.92. The second kappa shape index (κ2) is 10.5. The van der Waals surface area contributed by atoms with E-state index in [2.05, 4.69) is 10.6 Å². The highest BCUT2D eigenvalue weighted by atomic mass is 19.4. The number of hydrogen-bond acceptors (Lipinski definition) is 5. The van der Waals surface area contributed by atoms with Crippen LogP contribution in [0.1, 0.15) is 32.8 Å². The van der Waals surface area contributed by atoms with Gasteiger partial charge in [-0.1, -0.05) is 29.8 Å². The van der Waals surface area contributed by atoms with Gasteiger partial charge < -0.3 is 19.8 Å². The summed E-state index contributed by atoms with van der Waals surface area (Å²) in [6.45, 7) is 4.67. The van der Waals surface area contributed by atoms with E-state index in [-0.39, 0.29) is 23.6 Å². The van der Waals surface area contributed by atoms with E-state index in [0.717, 1.165) is 28.8 Å². The van der Waals surface area contributed by atoms with Gasteiger partial charge in [-0.3, -0.25) is 9.59 Å². The van der Waals surface area contributed by atoms with Crippen LogP contribution in [-0.2, 0) is 20.5 Å². The standard InChI is InChI=1S/C25H23F3N2O5/c1-14-9-15(2)23(16(3)10-14)30-21(31)12-29-22(32)13-34-24(33)20-8-7-19(35-20)17-5-4-6-18(11-17)25(26,27)28/h4-11H,12-13H2,1-3H3,(H,29,32)(H,30,31). The Labute approximate surface area is 199 Å². The molecule has 0 aliphatic heterocycles. The fourth-order valence-corrected chi connectivity index (χ4v) is 3.44. The number of benzene rings is 2. The number of rotatable bonds is 7. The largest absolute Gasteiger partial charge is 0.450 e. The molecular weight excluding hydrogens is 465 g/mol. The summed E-state index contributed by atoms with van der Waals surface area (Å²) in [6, 6.07) is 10.8. The molecule has 3 rings (SSSR count). The normalized spacial score (nSPS) is 11.1. The van der Waals surface area contributed by atoms with Gasteiger partial charge in [0, 0.05) is 11.3 Å². The molecular formula is C25H23F3N2O5. The Morgan fingerprint density at radius 3 is 2.29 bits per heavy atom. The van der Waals surface area contributed by atoms with Gasteiger partial charge >= 0.3 is 12.1 Å². The number of alkyl halides is 3. The van der Waals surface area contributed by atoms with Crippen molar-refractivity contribution in [2.24, 2.45) is 0 Å². The number of carbonyl (C=O) groups excluding carboxylic acids is 3. The van der Waals surface area contributed by atoms with Gasteiger partial charge in [-0.2, -0.15) is 13.2 Å². The molecule has 0 unspecified atom stereocenters. The van der Waals surface area contributed by atoms with Gasteiger partial charge in [0.05, 0.1) is 12.1 Å². The first-order valence-corrected chi connectivity index (χ1v) is 10.5. The summed E-state index contributed by atoms with van der Waals surface area (Å²) >= 11 is 0. The van der Waals surface area contributed by atoms with E-state index < -0.39 is 36.1 Å². The third-order valence-corrected chi connectivity index (χ3v) is 5.00. The maximum Gasteiger partial charge on any atom is 0.416 e. The molecule has 35 heavy (non-hydrogen) atoms. The zero-order chi connectivity index (χ0) is 25.8. The molecule has 0 aliphatic rings. The first-order valence-electron chi connectivity index (χ1n) is 10.5. The number of carbonyl (C=O) groups is 3. The topological polar surface area (TPSA) is 97.6 Å². The van der Waals surface area contributed by atoms with E-state index in [4.69, 9.17) is 9.15 Å². The molecule has 0 radical (unpaired) electrons. The monoisotopic (exact) mass is 488 g/mol. The third kappa shape index (κ3) is 6.72. The van der Waals surface area contributed by atoms with Crippen LogP contribution < -0.4 is 10.6 Å². The number of furan rings is 1. The average molecular weight is 488 g/mol. The van der Waals surface area contributed by atoms with Crippen molar-refractivity contribution < 1.29 is 36.7 Å². The first-order chi connectivity index (χ1) is 16.4. The minimum Gasteiger partial charge on any atom is -0.450 e. The number of halogens is 3. The predicted octanol–water partition coefficient (Wildman–Crippen LogP) is 4.80. The van der Waals surface area contributed by atoms with Crippen molar-refractivity contribution in [1.82, 2.24) is 5.32 Å². The smallest absolute Gasteiger partial charge is 0.416 e. The molecule has 0 aliphatic carbocycles. The highest BCUT2D eigenvalue weighted by Gasteiger charge is 2.30. The first kappa shape index (κ1) is 25.5. The quantitative estimate of drug-likeness (QED) is 0.466. The molecule has 0 saturated heterocycles. The molecule has 0 spiro atoms. The number of anilines is 1. The van der Waals surface area contributed by atoms with E-state index in [9.17, 15) is 27.6 Å². The Bertz CT molecular complexity index is 1240. The Morgan fingerprint density at radius 1 is 0.943 bits per heavy atom. The van der Waals surface area contributed by atoms with Crippen LogP contribution in [0.5, 0.6) is 0 Å². The van der Waals surface area contributed by atoms with Crippen molar-refractivity contribution >= 4 is 23.5 Å². The zero-order valence-corrected chi connectivity index (χ0v) is 19.2. The molecule has 0 saturated carbocycles. The van der Waals surface area contributed by atoms with Gasteiger partial charge in [0.2, 0.25) is 11.7 Å². The molecule has 2 amide bonds. The predicted molar refractivity (Wildman–Crippen MR) is 122 cm³/mol. The third-order valence-electron chi connectivity index (χ3n) is 5.00. The molecule has 10 heteroatoms. The number of nitrogens with one attached hydrogen (secondary N) is 2. The average Bonchev–Trinajstić information content (AvgIpc) is 3.28. The number of hydrogen-bond donors (Lipinski definition) is 2. The van der Waals surface area contributed by atoms with Crippen LogP contribution in [0, 0.1) is 20.8 Å². The Morgan fingerprint density at radius 2 is 1.63 bits per heavy atom. The summed E-state index contributed by atoms with van der Waals surface area (Å²) in [5.74, 6) is -2.39. The van der Waals surface area contributed by atoms with Crippen LogP contribution in [-0.4, -0.2) is 30.9 Å². The van der Waals surface area contributed by atoms with Gasteiger partial charge in [0.15, 0.2) is 6.61 Å². The fourth-order valence-electron chi connectivity index (χ4n) is 3.44. The van der Waals surface area contributed by atoms with Crippen LogP contribution in [0.15, 0.2) is 52.9 Å². The number of esters is 1. The summed E-state index contributed by atoms with van der Waals surface area (Å²) in [5, 5.41) is 5.08. The fraction of sp³-hybridized carbons (Fsp3) is 0.240. The minimum absolute atomic E-state index is 0.0332. The van der Waals surface area contributed by atoms with Gasteiger partial charge in [-0.05, 0) is 56.2 Å². The molecule has 7 nitrogen and oxygen atoms in total. The lowest BCUT2D eigenvalue weighted by Crippen LogP contribution is -2.35.